The van der Waals surface area contributed by atoms with Crippen LogP contribution in [0.4, 0.5) is 28.0 Å². The fourth-order valence-corrected chi connectivity index (χ4v) is 5.63. The Kier molecular flexibility index (Phi) is 6.45. The Balaban J connectivity index is 1.07. The number of benzene rings is 1. The van der Waals surface area contributed by atoms with Gasteiger partial charge in [0.05, 0.1) is 23.1 Å². The number of fused-ring (bicyclic) bond motifs is 1. The fourth-order valence-electron chi connectivity index (χ4n) is 5.63. The summed E-state index contributed by atoms with van der Waals surface area (Å²) in [7, 11) is 0. The molecule has 0 aliphatic carbocycles. The minimum atomic E-state index is -4.79. The van der Waals surface area contributed by atoms with Gasteiger partial charge in [-0.2, -0.15) is 18.3 Å². The van der Waals surface area contributed by atoms with E-state index in [9.17, 15) is 22.4 Å². The van der Waals surface area contributed by atoms with Crippen molar-refractivity contribution < 1.29 is 22.4 Å². The van der Waals surface area contributed by atoms with E-state index < -0.39 is 29.3 Å². The number of nitrogens with one attached hydrogen (secondary N) is 2. The van der Waals surface area contributed by atoms with Crippen LogP contribution in [0, 0.1) is 5.82 Å². The first-order chi connectivity index (χ1) is 19.2. The molecule has 210 valence electrons. The number of nitrogens with two attached hydrogens (primary N) is 1. The monoisotopic (exact) mass is 557 g/mol. The van der Waals surface area contributed by atoms with E-state index >= 15 is 0 Å². The molecule has 2 saturated heterocycles. The minimum Gasteiger partial charge on any atom is -0.346 e. The van der Waals surface area contributed by atoms with Crippen LogP contribution in [0.3, 0.4) is 0 Å². The fraction of sp³-hybridized carbons (Fsp3) is 0.385. The van der Waals surface area contributed by atoms with Gasteiger partial charge in [-0.3, -0.25) is 9.58 Å². The van der Waals surface area contributed by atoms with Crippen LogP contribution in [0.2, 0.25) is 0 Å². The number of hydrogen-bond donors (Lipinski definition) is 3. The van der Waals surface area contributed by atoms with Crippen LogP contribution >= 0.6 is 0 Å². The topological polar surface area (TPSA) is 121 Å². The Labute approximate surface area is 226 Å². The molecule has 2 aliphatic heterocycles. The van der Waals surface area contributed by atoms with Crippen LogP contribution in [0.1, 0.15) is 18.4 Å². The van der Waals surface area contributed by atoms with Gasteiger partial charge in [0, 0.05) is 62.1 Å². The highest BCUT2D eigenvalue weighted by atomic mass is 19.4. The molecule has 0 saturated carbocycles. The summed E-state index contributed by atoms with van der Waals surface area (Å²) < 4.78 is 55.2. The lowest BCUT2D eigenvalue weighted by molar-refractivity contribution is -0.137. The molecule has 4 aromatic rings. The second kappa shape index (κ2) is 9.86. The Hall–Kier alpha value is -4.04. The molecule has 4 N–H and O–H groups in total. The number of aromatic amines is 1. The molecule has 5 heterocycles. The molecular formula is C26H27F4N9O. The van der Waals surface area contributed by atoms with E-state index in [0.717, 1.165) is 34.4 Å². The van der Waals surface area contributed by atoms with Crippen LogP contribution in [0.15, 0.2) is 49.2 Å². The number of piperidine rings is 1. The molecule has 3 aromatic heterocycles. The molecule has 0 bridgehead atoms. The number of hydrogen-bond acceptors (Lipinski definition) is 6. The number of aromatic nitrogens is 5. The van der Waals surface area contributed by atoms with E-state index in [1.54, 1.807) is 6.20 Å². The summed E-state index contributed by atoms with van der Waals surface area (Å²) in [6.07, 6.45) is 3.60. The molecule has 2 amide bonds. The number of likely N-dealkylation sites (tertiary alicyclic amines) is 2. The maximum atomic E-state index is 13.4. The van der Waals surface area contributed by atoms with E-state index in [1.165, 1.54) is 11.2 Å². The van der Waals surface area contributed by atoms with Crippen molar-refractivity contribution in [1.29, 1.82) is 0 Å². The number of halogens is 4. The molecular weight excluding hydrogens is 530 g/mol. The molecule has 40 heavy (non-hydrogen) atoms. The van der Waals surface area contributed by atoms with E-state index in [2.05, 4.69) is 30.3 Å². The van der Waals surface area contributed by atoms with Gasteiger partial charge >= 0.3 is 12.2 Å². The van der Waals surface area contributed by atoms with Gasteiger partial charge in [-0.05, 0) is 37.1 Å². The SMILES string of the molecule is NCC1(n2cc(-c3ncnc4[nH]ccc34)cn2)CN(C2CCN(C(=O)Nc3ccc(F)cc3C(F)(F)F)CC2)C1. The molecule has 0 radical (unpaired) electrons. The minimum absolute atomic E-state index is 0.205. The molecule has 6 rings (SSSR count). The number of urea groups is 1. The third-order valence-electron chi connectivity index (χ3n) is 7.87. The number of amides is 2. The predicted octanol–water partition coefficient (Wildman–Crippen LogP) is 3.65. The zero-order valence-corrected chi connectivity index (χ0v) is 21.3. The molecule has 14 heteroatoms. The van der Waals surface area contributed by atoms with E-state index in [1.807, 2.05) is 23.1 Å². The number of alkyl halides is 3. The van der Waals surface area contributed by atoms with Crippen LogP contribution < -0.4 is 11.1 Å². The Morgan fingerprint density at radius 2 is 1.95 bits per heavy atom. The van der Waals surface area contributed by atoms with Crippen LogP contribution in [-0.4, -0.2) is 79.3 Å². The average Bonchev–Trinajstić information content (AvgIpc) is 3.60. The van der Waals surface area contributed by atoms with Crippen molar-refractivity contribution in [3.05, 3.63) is 60.6 Å². The third kappa shape index (κ3) is 4.66. The zero-order chi connectivity index (χ0) is 28.1. The van der Waals surface area contributed by atoms with Gasteiger partial charge in [0.25, 0.3) is 0 Å². The van der Waals surface area contributed by atoms with Crippen molar-refractivity contribution >= 4 is 22.8 Å². The lowest BCUT2D eigenvalue weighted by atomic mass is 9.86. The highest BCUT2D eigenvalue weighted by molar-refractivity contribution is 5.91. The third-order valence-corrected chi connectivity index (χ3v) is 7.87. The highest BCUT2D eigenvalue weighted by Gasteiger charge is 2.47. The van der Waals surface area contributed by atoms with Gasteiger partial charge < -0.3 is 20.9 Å². The standard InChI is InChI=1S/C26H27F4N9O/c27-17-1-2-21(20(9-17)26(28,29)30)36-24(40)37-7-4-18(5-8-37)38-13-25(12-31,14-38)39-11-16(10-35-39)22-19-3-6-32-23(19)34-15-33-22/h1-3,6,9-11,15,18H,4-5,7-8,12-14,31H2,(H,36,40)(H,32,33,34). The number of H-pyrrole nitrogens is 1. The van der Waals surface area contributed by atoms with Gasteiger partial charge in [0.15, 0.2) is 0 Å². The van der Waals surface area contributed by atoms with E-state index in [-0.39, 0.29) is 11.6 Å². The summed E-state index contributed by atoms with van der Waals surface area (Å²) in [5.41, 5.74) is 6.58. The summed E-state index contributed by atoms with van der Waals surface area (Å²) in [5, 5.41) is 7.82. The number of carbonyl (C=O) groups is 1. The summed E-state index contributed by atoms with van der Waals surface area (Å²) in [6.45, 7) is 2.55. The number of anilines is 1. The summed E-state index contributed by atoms with van der Waals surface area (Å²) in [5.74, 6) is -1.02. The van der Waals surface area contributed by atoms with Crippen molar-refractivity contribution in [3.8, 4) is 11.3 Å². The summed E-state index contributed by atoms with van der Waals surface area (Å²) in [6, 6.07) is 3.69. The maximum Gasteiger partial charge on any atom is 0.418 e. The van der Waals surface area contributed by atoms with Gasteiger partial charge in [0.2, 0.25) is 0 Å². The van der Waals surface area contributed by atoms with Crippen LogP contribution in [0.25, 0.3) is 22.3 Å². The number of rotatable bonds is 5. The average molecular weight is 558 g/mol. The van der Waals surface area contributed by atoms with Crippen LogP contribution in [-0.2, 0) is 11.7 Å². The van der Waals surface area contributed by atoms with Gasteiger partial charge in [-0.25, -0.2) is 19.2 Å². The first-order valence-corrected chi connectivity index (χ1v) is 12.9. The van der Waals surface area contributed by atoms with Crippen molar-refractivity contribution in [3.63, 3.8) is 0 Å². The number of carbonyl (C=O) groups excluding carboxylic acids is 1. The van der Waals surface area contributed by atoms with E-state index in [4.69, 9.17) is 5.73 Å². The molecule has 0 atom stereocenters. The lowest BCUT2D eigenvalue weighted by Gasteiger charge is -2.54. The second-order valence-corrected chi connectivity index (χ2v) is 10.3. The molecule has 0 spiro atoms. The smallest absolute Gasteiger partial charge is 0.346 e. The normalized spacial score (nSPS) is 18.2. The predicted molar refractivity (Wildman–Crippen MR) is 139 cm³/mol. The molecule has 1 aromatic carbocycles. The largest absolute Gasteiger partial charge is 0.418 e. The zero-order valence-electron chi connectivity index (χ0n) is 21.3. The van der Waals surface area contributed by atoms with Crippen LogP contribution in [0.5, 0.6) is 0 Å². The quantitative estimate of drug-likeness (QED) is 0.322. The molecule has 2 fully saturated rings. The van der Waals surface area contributed by atoms with Crippen molar-refractivity contribution in [2.45, 2.75) is 30.6 Å². The number of nitrogens with zero attached hydrogens (tertiary/aromatic N) is 6. The van der Waals surface area contributed by atoms with Gasteiger partial charge in [-0.15, -0.1) is 0 Å². The van der Waals surface area contributed by atoms with Crippen molar-refractivity contribution in [1.82, 2.24) is 34.5 Å². The first-order valence-electron chi connectivity index (χ1n) is 12.9. The maximum absolute atomic E-state index is 13.4. The Morgan fingerprint density at radius 3 is 2.67 bits per heavy atom. The van der Waals surface area contributed by atoms with Crippen molar-refractivity contribution in [2.24, 2.45) is 5.73 Å². The Morgan fingerprint density at radius 1 is 1.18 bits per heavy atom. The Bertz CT molecular complexity index is 1530. The molecule has 10 nitrogen and oxygen atoms in total. The first kappa shape index (κ1) is 26.2. The van der Waals surface area contributed by atoms with Crippen molar-refractivity contribution in [2.75, 3.05) is 38.0 Å². The summed E-state index contributed by atoms with van der Waals surface area (Å²) in [4.78, 5) is 28.3. The molecule has 0 unspecified atom stereocenters. The lowest BCUT2D eigenvalue weighted by Crippen LogP contribution is -2.69. The second-order valence-electron chi connectivity index (χ2n) is 10.3. The summed E-state index contributed by atoms with van der Waals surface area (Å²) >= 11 is 0. The van der Waals surface area contributed by atoms with E-state index in [0.29, 0.717) is 51.6 Å². The van der Waals surface area contributed by atoms with Gasteiger partial charge in [-0.1, -0.05) is 0 Å². The van der Waals surface area contributed by atoms with Gasteiger partial charge in [0.1, 0.15) is 23.3 Å². The highest BCUT2D eigenvalue weighted by Crippen LogP contribution is 2.37. The molecule has 2 aliphatic rings.